The molecule has 0 unspecified atom stereocenters. The molecule has 2 rings (SSSR count). The van der Waals surface area contributed by atoms with Crippen LogP contribution in [0.15, 0.2) is 52.8 Å². The van der Waals surface area contributed by atoms with Crippen LogP contribution in [-0.2, 0) is 9.68 Å². The van der Waals surface area contributed by atoms with E-state index in [1.54, 1.807) is 25.1 Å². The standard InChI is InChI=1S/C20H18Cl2N2O3/c1-14(23-25-2)20(24-26-3)15-6-9-18(10-7-15)27-12-4-5-16-13-17(21)8-11-19(16)22/h6-11,13H,12H2,1-3H3/b23-14+,24-20-. The maximum Gasteiger partial charge on any atom is 0.149 e. The predicted octanol–water partition coefficient (Wildman–Crippen LogP) is 4.80. The SMILES string of the molecule is CO/N=C(C)/C(=N/OC)c1ccc(OCC#Cc2cc(Cl)ccc2Cl)cc1. The van der Waals surface area contributed by atoms with Crippen LogP contribution >= 0.6 is 23.2 Å². The van der Waals surface area contributed by atoms with Gasteiger partial charge in [-0.25, -0.2) is 0 Å². The van der Waals surface area contributed by atoms with Crippen LogP contribution in [0.5, 0.6) is 5.75 Å². The highest BCUT2D eigenvalue weighted by molar-refractivity contribution is 6.47. The lowest BCUT2D eigenvalue weighted by Crippen LogP contribution is -2.13. The van der Waals surface area contributed by atoms with Gasteiger partial charge in [-0.05, 0) is 49.4 Å². The topological polar surface area (TPSA) is 52.4 Å². The zero-order valence-electron chi connectivity index (χ0n) is 15.1. The predicted molar refractivity (Wildman–Crippen MR) is 109 cm³/mol. The van der Waals surface area contributed by atoms with Crippen molar-refractivity contribution in [2.75, 3.05) is 20.8 Å². The molecule has 7 heteroatoms. The number of rotatable bonds is 6. The van der Waals surface area contributed by atoms with Crippen LogP contribution in [0.2, 0.25) is 10.0 Å². The maximum absolute atomic E-state index is 6.07. The van der Waals surface area contributed by atoms with Crippen molar-refractivity contribution >= 4 is 34.6 Å². The van der Waals surface area contributed by atoms with E-state index in [0.717, 1.165) is 5.56 Å². The van der Waals surface area contributed by atoms with Crippen LogP contribution in [-0.4, -0.2) is 32.2 Å². The third-order valence-corrected chi connectivity index (χ3v) is 3.91. The van der Waals surface area contributed by atoms with Gasteiger partial charge in [-0.2, -0.15) is 0 Å². The largest absolute Gasteiger partial charge is 0.481 e. The van der Waals surface area contributed by atoms with Gasteiger partial charge < -0.3 is 14.4 Å². The molecule has 0 radical (unpaired) electrons. The Morgan fingerprint density at radius 1 is 1.00 bits per heavy atom. The number of nitrogens with zero attached hydrogens (tertiary/aromatic N) is 2. The molecule has 0 saturated heterocycles. The highest BCUT2D eigenvalue weighted by Crippen LogP contribution is 2.19. The molecule has 0 spiro atoms. The number of oxime groups is 2. The Labute approximate surface area is 168 Å². The Kier molecular flexibility index (Phi) is 8.00. The van der Waals surface area contributed by atoms with Gasteiger partial charge in [0.1, 0.15) is 38.0 Å². The molecule has 0 heterocycles. The second kappa shape index (κ2) is 10.5. The first-order chi connectivity index (χ1) is 13.0. The quantitative estimate of drug-likeness (QED) is 0.394. The van der Waals surface area contributed by atoms with E-state index in [2.05, 4.69) is 22.2 Å². The van der Waals surface area contributed by atoms with Crippen molar-refractivity contribution in [1.29, 1.82) is 0 Å². The van der Waals surface area contributed by atoms with Crippen molar-refractivity contribution in [3.8, 4) is 17.6 Å². The Balaban J connectivity index is 2.04. The van der Waals surface area contributed by atoms with Gasteiger partial charge in [-0.3, -0.25) is 0 Å². The zero-order valence-corrected chi connectivity index (χ0v) is 16.6. The summed E-state index contributed by atoms with van der Waals surface area (Å²) in [5.74, 6) is 6.53. The molecule has 140 valence electrons. The summed E-state index contributed by atoms with van der Waals surface area (Å²) in [6, 6.07) is 12.5. The van der Waals surface area contributed by atoms with Crippen LogP contribution in [0.1, 0.15) is 18.1 Å². The van der Waals surface area contributed by atoms with Gasteiger partial charge >= 0.3 is 0 Å². The average molecular weight is 405 g/mol. The summed E-state index contributed by atoms with van der Waals surface area (Å²) in [4.78, 5) is 9.67. The van der Waals surface area contributed by atoms with E-state index >= 15 is 0 Å². The minimum atomic E-state index is 0.214. The Morgan fingerprint density at radius 2 is 1.70 bits per heavy atom. The van der Waals surface area contributed by atoms with Crippen LogP contribution in [0, 0.1) is 11.8 Å². The molecule has 0 aromatic heterocycles. The first-order valence-electron chi connectivity index (χ1n) is 7.91. The zero-order chi connectivity index (χ0) is 19.6. The Morgan fingerprint density at radius 3 is 2.37 bits per heavy atom. The van der Waals surface area contributed by atoms with Crippen molar-refractivity contribution in [2.24, 2.45) is 10.3 Å². The Bertz CT molecular complexity index is 898. The van der Waals surface area contributed by atoms with Gasteiger partial charge in [0, 0.05) is 16.1 Å². The van der Waals surface area contributed by atoms with Gasteiger partial charge in [0.2, 0.25) is 0 Å². The summed E-state index contributed by atoms with van der Waals surface area (Å²) < 4.78 is 5.62. The number of hydrogen-bond donors (Lipinski definition) is 0. The minimum Gasteiger partial charge on any atom is -0.481 e. The molecular weight excluding hydrogens is 387 g/mol. The molecule has 0 aliphatic carbocycles. The molecule has 0 saturated carbocycles. The van der Waals surface area contributed by atoms with Gasteiger partial charge in [0.05, 0.1) is 5.02 Å². The van der Waals surface area contributed by atoms with Crippen molar-refractivity contribution in [2.45, 2.75) is 6.92 Å². The third-order valence-electron chi connectivity index (χ3n) is 3.34. The summed E-state index contributed by atoms with van der Waals surface area (Å²) in [5, 5.41) is 9.00. The fraction of sp³-hybridized carbons (Fsp3) is 0.200. The highest BCUT2D eigenvalue weighted by Gasteiger charge is 2.09. The van der Waals surface area contributed by atoms with Crippen molar-refractivity contribution in [3.05, 3.63) is 63.6 Å². The summed E-state index contributed by atoms with van der Waals surface area (Å²) in [5.41, 5.74) is 2.65. The summed E-state index contributed by atoms with van der Waals surface area (Å²) in [7, 11) is 2.95. The molecule has 0 amide bonds. The fourth-order valence-electron chi connectivity index (χ4n) is 2.15. The van der Waals surface area contributed by atoms with E-state index in [1.807, 2.05) is 24.3 Å². The molecule has 2 aromatic carbocycles. The van der Waals surface area contributed by atoms with E-state index < -0.39 is 0 Å². The number of benzene rings is 2. The van der Waals surface area contributed by atoms with Crippen molar-refractivity contribution in [1.82, 2.24) is 0 Å². The summed E-state index contributed by atoms with van der Waals surface area (Å²) >= 11 is 12.0. The van der Waals surface area contributed by atoms with Gasteiger partial charge in [-0.1, -0.05) is 45.4 Å². The first-order valence-corrected chi connectivity index (χ1v) is 8.67. The molecule has 0 aliphatic heterocycles. The lowest BCUT2D eigenvalue weighted by atomic mass is 10.1. The van der Waals surface area contributed by atoms with Gasteiger partial charge in [0.15, 0.2) is 0 Å². The van der Waals surface area contributed by atoms with Crippen LogP contribution in [0.4, 0.5) is 0 Å². The minimum absolute atomic E-state index is 0.214. The summed E-state index contributed by atoms with van der Waals surface area (Å²) in [6.07, 6.45) is 0. The number of halogens is 2. The lowest BCUT2D eigenvalue weighted by molar-refractivity contribution is 0.210. The monoisotopic (exact) mass is 404 g/mol. The molecule has 0 fully saturated rings. The second-order valence-corrected chi connectivity index (χ2v) is 6.06. The summed E-state index contributed by atoms with van der Waals surface area (Å²) in [6.45, 7) is 1.99. The first kappa shape index (κ1) is 20.6. The van der Waals surface area contributed by atoms with Gasteiger partial charge in [-0.15, -0.1) is 0 Å². The molecule has 0 bridgehead atoms. The molecular formula is C20H18Cl2N2O3. The molecule has 0 atom stereocenters. The van der Waals surface area contributed by atoms with E-state index in [0.29, 0.717) is 32.8 Å². The fourth-order valence-corrected chi connectivity index (χ4v) is 2.49. The maximum atomic E-state index is 6.07. The lowest BCUT2D eigenvalue weighted by Gasteiger charge is -2.07. The normalized spacial score (nSPS) is 11.4. The van der Waals surface area contributed by atoms with Gasteiger partial charge in [0.25, 0.3) is 0 Å². The molecule has 5 nitrogen and oxygen atoms in total. The van der Waals surface area contributed by atoms with Crippen molar-refractivity contribution < 1.29 is 14.4 Å². The molecule has 27 heavy (non-hydrogen) atoms. The van der Waals surface area contributed by atoms with E-state index in [4.69, 9.17) is 37.6 Å². The smallest absolute Gasteiger partial charge is 0.149 e. The number of ether oxygens (including phenoxy) is 1. The highest BCUT2D eigenvalue weighted by atomic mass is 35.5. The second-order valence-electron chi connectivity index (χ2n) is 5.22. The van der Waals surface area contributed by atoms with E-state index in [1.165, 1.54) is 14.2 Å². The van der Waals surface area contributed by atoms with Crippen LogP contribution in [0.3, 0.4) is 0 Å². The van der Waals surface area contributed by atoms with E-state index in [-0.39, 0.29) is 6.61 Å². The molecule has 0 N–H and O–H groups in total. The third kappa shape index (κ3) is 6.21. The average Bonchev–Trinajstić information content (AvgIpc) is 2.66. The number of hydrogen-bond acceptors (Lipinski definition) is 5. The van der Waals surface area contributed by atoms with E-state index in [9.17, 15) is 0 Å². The van der Waals surface area contributed by atoms with Crippen LogP contribution in [0.25, 0.3) is 0 Å². The molecule has 0 aliphatic rings. The van der Waals surface area contributed by atoms with Crippen LogP contribution < -0.4 is 4.74 Å². The van der Waals surface area contributed by atoms with Crippen molar-refractivity contribution in [3.63, 3.8) is 0 Å². The Hall–Kier alpha value is -2.68. The molecule has 2 aromatic rings.